The second-order valence-electron chi connectivity index (χ2n) is 17.5. The van der Waals surface area contributed by atoms with E-state index in [1.165, 1.54) is 5.56 Å². The third-order valence-electron chi connectivity index (χ3n) is 11.6. The van der Waals surface area contributed by atoms with Gasteiger partial charge in [-0.15, -0.1) is 0 Å². The minimum Gasteiger partial charge on any atom is -0.507 e. The topological polar surface area (TPSA) is 50.9 Å². The first kappa shape index (κ1) is 33.7. The van der Waals surface area contributed by atoms with Gasteiger partial charge in [-0.05, 0) is 117 Å². The number of aromatic nitrogens is 3. The van der Waals surface area contributed by atoms with Gasteiger partial charge in [-0.2, -0.15) is 0 Å². The Morgan fingerprint density at radius 1 is 0.610 bits per heavy atom. The minimum absolute atomic E-state index is 0.101. The fraction of sp³-hybridized carbons (Fsp3) is 0.236. The number of nitrogens with zero attached hydrogens (tertiary/aromatic N) is 3. The third kappa shape index (κ3) is 7.72. The Hall–Kier alpha value is -6.26. The number of phenols is 1. The largest absolute Gasteiger partial charge is 0.507 e. The van der Waals surface area contributed by atoms with E-state index in [0.29, 0.717) is 22.6 Å². The number of hydrogen-bond acceptors (Lipinski definition) is 3. The van der Waals surface area contributed by atoms with E-state index in [9.17, 15) is 5.11 Å². The van der Waals surface area contributed by atoms with Crippen molar-refractivity contribution in [3.8, 4) is 67.5 Å². The summed E-state index contributed by atoms with van der Waals surface area (Å²) in [7, 11) is 0. The Morgan fingerprint density at radius 2 is 1.31 bits per heavy atom. The Kier molecular flexibility index (Phi) is 9.04. The van der Waals surface area contributed by atoms with Crippen LogP contribution in [-0.4, -0.2) is 19.6 Å². The van der Waals surface area contributed by atoms with Crippen LogP contribution in [0, 0.1) is 0 Å². The van der Waals surface area contributed by atoms with E-state index in [1.807, 2.05) is 24.3 Å². The molecule has 4 heteroatoms. The van der Waals surface area contributed by atoms with Gasteiger partial charge in [-0.25, -0.2) is 4.98 Å². The van der Waals surface area contributed by atoms with E-state index in [1.54, 1.807) is 18.3 Å². The highest BCUT2D eigenvalue weighted by molar-refractivity contribution is 5.98. The number of hydrogen-bond donors (Lipinski definition) is 1. The zero-order chi connectivity index (χ0) is 45.8. The highest BCUT2D eigenvalue weighted by Gasteiger charge is 2.26. The molecular formula is C55H55N3O. The molecule has 2 heterocycles. The fourth-order valence-corrected chi connectivity index (χ4v) is 8.11. The highest BCUT2D eigenvalue weighted by atomic mass is 16.3. The van der Waals surface area contributed by atoms with Crippen molar-refractivity contribution < 1.29 is 12.0 Å². The Bertz CT molecular complexity index is 3040. The maximum absolute atomic E-state index is 12.3. The monoisotopic (exact) mass is 778 g/mol. The van der Waals surface area contributed by atoms with Crippen molar-refractivity contribution in [3.63, 3.8) is 0 Å². The van der Waals surface area contributed by atoms with Crippen molar-refractivity contribution in [1.29, 1.82) is 0 Å². The van der Waals surface area contributed by atoms with Crippen LogP contribution in [0.5, 0.6) is 5.75 Å². The average molecular weight is 779 g/mol. The van der Waals surface area contributed by atoms with E-state index in [-0.39, 0.29) is 52.2 Å². The molecule has 8 rings (SSSR count). The predicted molar refractivity (Wildman–Crippen MR) is 248 cm³/mol. The number of aromatic hydroxyl groups is 1. The van der Waals surface area contributed by atoms with Crippen LogP contribution in [-0.2, 0) is 10.8 Å². The van der Waals surface area contributed by atoms with Crippen molar-refractivity contribution in [2.45, 2.75) is 85.0 Å². The van der Waals surface area contributed by atoms with E-state index in [2.05, 4.69) is 139 Å². The third-order valence-corrected chi connectivity index (χ3v) is 11.6. The van der Waals surface area contributed by atoms with Crippen LogP contribution in [0.3, 0.4) is 0 Å². The van der Waals surface area contributed by atoms with E-state index < -0.39 is 6.04 Å². The second kappa shape index (κ2) is 15.8. The van der Waals surface area contributed by atoms with Crippen molar-refractivity contribution in [1.82, 2.24) is 14.5 Å². The fourth-order valence-electron chi connectivity index (χ4n) is 8.11. The van der Waals surface area contributed by atoms with Crippen LogP contribution in [0.4, 0.5) is 0 Å². The molecule has 1 N–H and O–H groups in total. The van der Waals surface area contributed by atoms with E-state index in [4.69, 9.17) is 16.8 Å². The summed E-state index contributed by atoms with van der Waals surface area (Å²) in [5.74, 6) is 1.06. The average Bonchev–Trinajstić information content (AvgIpc) is 3.67. The van der Waals surface area contributed by atoms with Gasteiger partial charge in [0.2, 0.25) is 0 Å². The predicted octanol–water partition coefficient (Wildman–Crippen LogP) is 15.0. The molecule has 0 spiro atoms. The summed E-state index contributed by atoms with van der Waals surface area (Å²) < 4.78 is 44.3. The zero-order valence-corrected chi connectivity index (χ0v) is 35.3. The molecule has 0 amide bonds. The van der Waals surface area contributed by atoms with Crippen molar-refractivity contribution >= 4 is 11.0 Å². The molecule has 0 atom stereocenters. The van der Waals surface area contributed by atoms with Gasteiger partial charge in [0.1, 0.15) is 11.6 Å². The highest BCUT2D eigenvalue weighted by Crippen LogP contribution is 2.44. The molecule has 0 fully saturated rings. The summed E-state index contributed by atoms with van der Waals surface area (Å²) in [4.78, 5) is 10.3. The lowest BCUT2D eigenvalue weighted by Gasteiger charge is -2.23. The molecule has 0 aliphatic carbocycles. The van der Waals surface area contributed by atoms with Gasteiger partial charge >= 0.3 is 0 Å². The van der Waals surface area contributed by atoms with Gasteiger partial charge in [-0.3, -0.25) is 9.55 Å². The summed E-state index contributed by atoms with van der Waals surface area (Å²) >= 11 is 0. The molecule has 59 heavy (non-hydrogen) atoms. The van der Waals surface area contributed by atoms with E-state index in [0.717, 1.165) is 68.5 Å². The normalized spacial score (nSPS) is 13.3. The Morgan fingerprint density at radius 3 is 2.02 bits per heavy atom. The molecular weight excluding hydrogens is 719 g/mol. The number of para-hydroxylation sites is 2. The number of phenolic OH excluding ortho intramolecular Hbond substituents is 1. The summed E-state index contributed by atoms with van der Waals surface area (Å²) in [6.45, 7) is 17.5. The van der Waals surface area contributed by atoms with Crippen LogP contribution in [0.2, 0.25) is 0 Å². The lowest BCUT2D eigenvalue weighted by Crippen LogP contribution is -2.12. The molecule has 0 aliphatic rings. The SMILES string of the molecule is [2H]c1c([2H])c([2H])c(-c2ccnc(-c3cc(-c4cccc5c4nc(-c4cccc(C(CC)CC)c4O)n5-c4ccc(C(C)(C)C)cc4-c4ccccc4)cc(C(C)(C)C)c3)c2)c([2H])c1[2H]. The van der Waals surface area contributed by atoms with Gasteiger partial charge < -0.3 is 5.11 Å². The molecule has 0 radical (unpaired) electrons. The van der Waals surface area contributed by atoms with Gasteiger partial charge in [0.15, 0.2) is 0 Å². The molecule has 8 aromatic rings. The molecule has 296 valence electrons. The number of benzene rings is 6. The van der Waals surface area contributed by atoms with Crippen LogP contribution in [0.15, 0.2) is 152 Å². The van der Waals surface area contributed by atoms with Crippen molar-refractivity contribution in [3.05, 3.63) is 168 Å². The number of imidazole rings is 1. The Labute approximate surface area is 357 Å². The molecule has 2 aromatic heterocycles. The lowest BCUT2D eigenvalue weighted by molar-refractivity contribution is 0.459. The van der Waals surface area contributed by atoms with Crippen molar-refractivity contribution in [2.24, 2.45) is 0 Å². The summed E-state index contributed by atoms with van der Waals surface area (Å²) in [6, 6.07) is 37.6. The maximum atomic E-state index is 12.3. The first-order valence-corrected chi connectivity index (χ1v) is 20.7. The Balaban J connectivity index is 1.42. The van der Waals surface area contributed by atoms with Crippen LogP contribution < -0.4 is 0 Å². The van der Waals surface area contributed by atoms with Crippen LogP contribution in [0.1, 0.15) is 97.7 Å². The van der Waals surface area contributed by atoms with Crippen LogP contribution >= 0.6 is 0 Å². The van der Waals surface area contributed by atoms with Gasteiger partial charge in [0, 0.05) is 22.9 Å². The van der Waals surface area contributed by atoms with Crippen LogP contribution in [0.25, 0.3) is 72.7 Å². The molecule has 0 bridgehead atoms. The first-order chi connectivity index (χ1) is 30.4. The summed E-state index contributed by atoms with van der Waals surface area (Å²) in [5, 5.41) is 12.3. The molecule has 6 aromatic carbocycles. The lowest BCUT2D eigenvalue weighted by atomic mass is 9.83. The van der Waals surface area contributed by atoms with Gasteiger partial charge in [0.05, 0.1) is 34.8 Å². The van der Waals surface area contributed by atoms with E-state index >= 15 is 0 Å². The number of rotatable bonds is 9. The van der Waals surface area contributed by atoms with Crippen molar-refractivity contribution in [2.75, 3.05) is 0 Å². The standard InChI is InChI=1S/C55H55N3O/c1-9-36(10-2)45-24-17-25-46(52(45)59)53-57-51-44(23-18-26-50(51)58(53)49-28-27-42(54(3,4)5)35-47(49)38-21-15-12-16-22-38)40-31-41(33-43(32-40)55(6,7)8)48-34-39(29-30-56-48)37-19-13-11-14-20-37/h11-36,59H,9-10H2,1-8H3/i11D,13D,14D,19D,20D. The summed E-state index contributed by atoms with van der Waals surface area (Å²) in [6.07, 6.45) is 3.42. The molecule has 0 aliphatic heterocycles. The number of fused-ring (bicyclic) bond motifs is 1. The minimum atomic E-state index is -0.428. The number of pyridine rings is 1. The molecule has 0 saturated heterocycles. The molecule has 0 saturated carbocycles. The molecule has 4 nitrogen and oxygen atoms in total. The van der Waals surface area contributed by atoms with Gasteiger partial charge in [-0.1, -0.05) is 152 Å². The maximum Gasteiger partial charge on any atom is 0.149 e. The smallest absolute Gasteiger partial charge is 0.149 e. The quantitative estimate of drug-likeness (QED) is 0.159. The zero-order valence-electron chi connectivity index (χ0n) is 40.3. The summed E-state index contributed by atoms with van der Waals surface area (Å²) in [5.41, 5.74) is 12.0. The second-order valence-corrected chi connectivity index (χ2v) is 17.5. The first-order valence-electron chi connectivity index (χ1n) is 23.2. The van der Waals surface area contributed by atoms with Gasteiger partial charge in [0.25, 0.3) is 0 Å². The molecule has 0 unspecified atom stereocenters.